The zero-order valence-corrected chi connectivity index (χ0v) is 10.0. The molecule has 88 valence electrons. The number of ether oxygens (including phenoxy) is 1. The van der Waals surface area contributed by atoms with Gasteiger partial charge in [0.15, 0.2) is 0 Å². The van der Waals surface area contributed by atoms with E-state index in [1.54, 1.807) is 7.11 Å². The van der Waals surface area contributed by atoms with Gasteiger partial charge in [0.1, 0.15) is 5.75 Å². The SMILES string of the molecule is COc1cccc(N(C)C(CN)C2CC2)c1. The number of nitrogens with zero attached hydrogens (tertiary/aromatic N) is 1. The average Bonchev–Trinajstić information content (AvgIpc) is 3.14. The van der Waals surface area contributed by atoms with Crippen molar-refractivity contribution in [2.45, 2.75) is 18.9 Å². The Hall–Kier alpha value is -1.22. The Bertz CT molecular complexity index is 350. The smallest absolute Gasteiger partial charge is 0.120 e. The van der Waals surface area contributed by atoms with Crippen LogP contribution in [0.4, 0.5) is 5.69 Å². The summed E-state index contributed by atoms with van der Waals surface area (Å²) in [6.07, 6.45) is 2.63. The third-order valence-corrected chi connectivity index (χ3v) is 3.37. The minimum Gasteiger partial charge on any atom is -0.497 e. The van der Waals surface area contributed by atoms with Crippen LogP contribution in [0.1, 0.15) is 12.8 Å². The second-order valence-electron chi connectivity index (χ2n) is 4.45. The fraction of sp³-hybridized carbons (Fsp3) is 0.538. The predicted molar refractivity (Wildman–Crippen MR) is 67.0 cm³/mol. The summed E-state index contributed by atoms with van der Waals surface area (Å²) in [7, 11) is 3.81. The van der Waals surface area contributed by atoms with Crippen LogP contribution in [-0.4, -0.2) is 26.7 Å². The Labute approximate surface area is 97.2 Å². The Morgan fingerprint density at radius 3 is 2.81 bits per heavy atom. The van der Waals surface area contributed by atoms with Crippen molar-refractivity contribution in [3.05, 3.63) is 24.3 Å². The lowest BCUT2D eigenvalue weighted by Crippen LogP contribution is -2.39. The van der Waals surface area contributed by atoms with E-state index in [1.165, 1.54) is 18.5 Å². The van der Waals surface area contributed by atoms with Crippen LogP contribution >= 0.6 is 0 Å². The van der Waals surface area contributed by atoms with E-state index in [0.717, 1.165) is 18.2 Å². The summed E-state index contributed by atoms with van der Waals surface area (Å²) >= 11 is 0. The first-order valence-electron chi connectivity index (χ1n) is 5.83. The molecule has 1 unspecified atom stereocenters. The van der Waals surface area contributed by atoms with Crippen molar-refractivity contribution in [2.24, 2.45) is 11.7 Å². The summed E-state index contributed by atoms with van der Waals surface area (Å²) in [5.41, 5.74) is 7.03. The zero-order chi connectivity index (χ0) is 11.5. The van der Waals surface area contributed by atoms with Gasteiger partial charge in [0.25, 0.3) is 0 Å². The molecule has 1 fully saturated rings. The van der Waals surface area contributed by atoms with E-state index in [4.69, 9.17) is 10.5 Å². The highest BCUT2D eigenvalue weighted by molar-refractivity contribution is 5.51. The first-order valence-corrected chi connectivity index (χ1v) is 5.83. The molecule has 0 bridgehead atoms. The summed E-state index contributed by atoms with van der Waals surface area (Å²) in [5.74, 6) is 1.68. The van der Waals surface area contributed by atoms with Crippen LogP contribution in [0.25, 0.3) is 0 Å². The van der Waals surface area contributed by atoms with E-state index in [1.807, 2.05) is 12.1 Å². The molecule has 0 aliphatic heterocycles. The highest BCUT2D eigenvalue weighted by Crippen LogP contribution is 2.36. The number of hydrogen-bond acceptors (Lipinski definition) is 3. The number of anilines is 1. The largest absolute Gasteiger partial charge is 0.497 e. The lowest BCUT2D eigenvalue weighted by molar-refractivity contribution is 0.414. The van der Waals surface area contributed by atoms with Crippen LogP contribution in [0, 0.1) is 5.92 Å². The van der Waals surface area contributed by atoms with Gasteiger partial charge in [-0.25, -0.2) is 0 Å². The Balaban J connectivity index is 2.14. The molecular formula is C13H20N2O. The van der Waals surface area contributed by atoms with Crippen LogP contribution in [0.2, 0.25) is 0 Å². The van der Waals surface area contributed by atoms with E-state index in [2.05, 4.69) is 24.1 Å². The van der Waals surface area contributed by atoms with Crippen molar-refractivity contribution in [2.75, 3.05) is 25.6 Å². The van der Waals surface area contributed by atoms with Gasteiger partial charge in [-0.1, -0.05) is 6.07 Å². The van der Waals surface area contributed by atoms with Gasteiger partial charge in [-0.2, -0.15) is 0 Å². The van der Waals surface area contributed by atoms with Gasteiger partial charge in [0, 0.05) is 31.4 Å². The summed E-state index contributed by atoms with van der Waals surface area (Å²) < 4.78 is 5.24. The number of rotatable bonds is 5. The molecule has 1 aliphatic carbocycles. The van der Waals surface area contributed by atoms with Gasteiger partial charge in [-0.05, 0) is 30.9 Å². The van der Waals surface area contributed by atoms with Crippen molar-refractivity contribution >= 4 is 5.69 Å². The standard InChI is InChI=1S/C13H20N2O/c1-15(13(9-14)10-6-7-10)11-4-3-5-12(8-11)16-2/h3-5,8,10,13H,6-7,9,14H2,1-2H3. The normalized spacial score (nSPS) is 16.9. The molecule has 0 aromatic heterocycles. The van der Waals surface area contributed by atoms with Crippen LogP contribution in [0.5, 0.6) is 5.75 Å². The van der Waals surface area contributed by atoms with Gasteiger partial charge in [0.2, 0.25) is 0 Å². The maximum Gasteiger partial charge on any atom is 0.120 e. The van der Waals surface area contributed by atoms with Crippen molar-refractivity contribution in [3.8, 4) is 5.75 Å². The van der Waals surface area contributed by atoms with Crippen LogP contribution < -0.4 is 15.4 Å². The van der Waals surface area contributed by atoms with E-state index in [-0.39, 0.29) is 0 Å². The monoisotopic (exact) mass is 220 g/mol. The van der Waals surface area contributed by atoms with E-state index >= 15 is 0 Å². The molecule has 1 atom stereocenters. The van der Waals surface area contributed by atoms with E-state index < -0.39 is 0 Å². The molecule has 1 saturated carbocycles. The quantitative estimate of drug-likeness (QED) is 0.823. The molecule has 1 aromatic carbocycles. The second kappa shape index (κ2) is 4.74. The van der Waals surface area contributed by atoms with Crippen molar-refractivity contribution < 1.29 is 4.74 Å². The van der Waals surface area contributed by atoms with Gasteiger partial charge in [0.05, 0.1) is 7.11 Å². The van der Waals surface area contributed by atoms with Crippen molar-refractivity contribution in [1.82, 2.24) is 0 Å². The molecule has 1 aliphatic rings. The third kappa shape index (κ3) is 2.30. The molecular weight excluding hydrogens is 200 g/mol. The highest BCUT2D eigenvalue weighted by Gasteiger charge is 2.33. The number of benzene rings is 1. The maximum absolute atomic E-state index is 5.85. The average molecular weight is 220 g/mol. The second-order valence-corrected chi connectivity index (χ2v) is 4.45. The van der Waals surface area contributed by atoms with Gasteiger partial charge >= 0.3 is 0 Å². The van der Waals surface area contributed by atoms with E-state index in [0.29, 0.717) is 6.04 Å². The summed E-state index contributed by atoms with van der Waals surface area (Å²) in [6.45, 7) is 0.721. The Morgan fingerprint density at radius 1 is 1.50 bits per heavy atom. The fourth-order valence-corrected chi connectivity index (χ4v) is 2.17. The first-order chi connectivity index (χ1) is 7.76. The molecule has 3 heteroatoms. The molecule has 0 saturated heterocycles. The molecule has 2 rings (SSSR count). The Kier molecular flexibility index (Phi) is 3.34. The van der Waals surface area contributed by atoms with Gasteiger partial charge in [-0.3, -0.25) is 0 Å². The predicted octanol–water partition coefficient (Wildman–Crippen LogP) is 1.87. The summed E-state index contributed by atoms with van der Waals surface area (Å²) in [6, 6.07) is 8.61. The number of likely N-dealkylation sites (N-methyl/N-ethyl adjacent to an activating group) is 1. The van der Waals surface area contributed by atoms with Gasteiger partial charge in [-0.15, -0.1) is 0 Å². The van der Waals surface area contributed by atoms with Crippen molar-refractivity contribution in [1.29, 1.82) is 0 Å². The number of methoxy groups -OCH3 is 1. The molecule has 0 heterocycles. The number of nitrogens with two attached hydrogens (primary N) is 1. The van der Waals surface area contributed by atoms with Crippen LogP contribution in [0.15, 0.2) is 24.3 Å². The lowest BCUT2D eigenvalue weighted by Gasteiger charge is -2.29. The fourth-order valence-electron chi connectivity index (χ4n) is 2.17. The molecule has 0 spiro atoms. The highest BCUT2D eigenvalue weighted by atomic mass is 16.5. The molecule has 0 amide bonds. The molecule has 0 radical (unpaired) electrons. The van der Waals surface area contributed by atoms with Crippen LogP contribution in [0.3, 0.4) is 0 Å². The zero-order valence-electron chi connectivity index (χ0n) is 10.0. The minimum atomic E-state index is 0.465. The maximum atomic E-state index is 5.85. The minimum absolute atomic E-state index is 0.465. The van der Waals surface area contributed by atoms with E-state index in [9.17, 15) is 0 Å². The molecule has 16 heavy (non-hydrogen) atoms. The van der Waals surface area contributed by atoms with Crippen LogP contribution in [-0.2, 0) is 0 Å². The molecule has 2 N–H and O–H groups in total. The molecule has 1 aromatic rings. The number of hydrogen-bond donors (Lipinski definition) is 1. The Morgan fingerprint density at radius 2 is 2.25 bits per heavy atom. The summed E-state index contributed by atoms with van der Waals surface area (Å²) in [4.78, 5) is 2.28. The molecule has 3 nitrogen and oxygen atoms in total. The lowest BCUT2D eigenvalue weighted by atomic mass is 10.1. The third-order valence-electron chi connectivity index (χ3n) is 3.37. The van der Waals surface area contributed by atoms with Gasteiger partial charge < -0.3 is 15.4 Å². The summed E-state index contributed by atoms with van der Waals surface area (Å²) in [5, 5.41) is 0. The topological polar surface area (TPSA) is 38.5 Å². The first kappa shape index (κ1) is 11.3. The van der Waals surface area contributed by atoms with Crippen molar-refractivity contribution in [3.63, 3.8) is 0 Å².